The van der Waals surface area contributed by atoms with Gasteiger partial charge in [-0.1, -0.05) is 83.1 Å². The van der Waals surface area contributed by atoms with Gasteiger partial charge in [-0.05, 0) is 25.0 Å². The maximum Gasteiger partial charge on any atom is 0.310 e. The number of carbonyl (C=O) groups is 1. The molecule has 0 radical (unpaired) electrons. The van der Waals surface area contributed by atoms with Gasteiger partial charge in [-0.25, -0.2) is 0 Å². The van der Waals surface area contributed by atoms with Crippen LogP contribution in [0, 0.1) is 0 Å². The first-order chi connectivity index (χ1) is 17.6. The van der Waals surface area contributed by atoms with Crippen molar-refractivity contribution in [2.75, 3.05) is 26.7 Å². The number of hydrogen-bond acceptors (Lipinski definition) is 6. The van der Waals surface area contributed by atoms with E-state index in [1.807, 2.05) is 18.2 Å². The van der Waals surface area contributed by atoms with Crippen LogP contribution in [-0.2, 0) is 9.53 Å². The molecule has 2 atom stereocenters. The number of quaternary nitrogens is 1. The van der Waals surface area contributed by atoms with E-state index < -0.39 is 0 Å². The average Bonchev–Trinajstić information content (AvgIpc) is 3.36. The summed E-state index contributed by atoms with van der Waals surface area (Å²) < 4.78 is 21.9. The maximum atomic E-state index is 12.9. The summed E-state index contributed by atoms with van der Waals surface area (Å²) in [5, 5.41) is 0. The van der Waals surface area contributed by atoms with Gasteiger partial charge in [0, 0.05) is 18.4 Å². The van der Waals surface area contributed by atoms with Gasteiger partial charge in [0.05, 0.1) is 37.5 Å². The summed E-state index contributed by atoms with van der Waals surface area (Å²) in [6.07, 6.45) is 13.5. The molecule has 6 nitrogen and oxygen atoms in total. The quantitative estimate of drug-likeness (QED) is 0.118. The number of nitrogens with zero attached hydrogens (tertiary/aromatic N) is 3. The highest BCUT2D eigenvalue weighted by atomic mass is 127. The van der Waals surface area contributed by atoms with Crippen LogP contribution >= 0.6 is 11.7 Å². The summed E-state index contributed by atoms with van der Waals surface area (Å²) in [5.74, 6) is 0.527. The van der Waals surface area contributed by atoms with Gasteiger partial charge in [-0.15, -0.1) is 4.37 Å². The molecule has 0 saturated heterocycles. The van der Waals surface area contributed by atoms with Crippen molar-refractivity contribution in [2.24, 2.45) is 0 Å². The lowest BCUT2D eigenvalue weighted by Crippen LogP contribution is -3.00. The monoisotopic (exact) mass is 641 g/mol. The fourth-order valence-corrected chi connectivity index (χ4v) is 5.37. The van der Waals surface area contributed by atoms with Crippen molar-refractivity contribution in [1.82, 2.24) is 8.75 Å². The Morgan fingerprint density at radius 1 is 1.00 bits per heavy atom. The van der Waals surface area contributed by atoms with Crippen molar-refractivity contribution >= 4 is 23.3 Å². The lowest BCUT2D eigenvalue weighted by molar-refractivity contribution is -0.953. The van der Waals surface area contributed by atoms with Crippen molar-refractivity contribution in [2.45, 2.75) is 90.7 Å². The fourth-order valence-electron chi connectivity index (χ4n) is 4.84. The molecule has 0 N–H and O–H groups in total. The molecule has 0 amide bonds. The first-order valence-electron chi connectivity index (χ1n) is 13.8. The van der Waals surface area contributed by atoms with Crippen LogP contribution in [-0.4, -0.2) is 45.9 Å². The van der Waals surface area contributed by atoms with Gasteiger partial charge in [0.2, 0.25) is 0 Å². The SMILES string of the molecule is CCCCCCCC(=O)OC(c1ccccc1)[N+]1(C)CCC=C(c2nsnc2OCCCCCC)C1.[I-]. The Kier molecular flexibility index (Phi) is 14.7. The first kappa shape index (κ1) is 31.7. The molecule has 8 heteroatoms. The first-order valence-corrected chi connectivity index (χ1v) is 14.5. The number of hydrogen-bond donors (Lipinski definition) is 0. The van der Waals surface area contributed by atoms with E-state index >= 15 is 0 Å². The Labute approximate surface area is 244 Å². The minimum absolute atomic E-state index is 0. The van der Waals surface area contributed by atoms with E-state index in [0.29, 0.717) is 29.9 Å². The minimum Gasteiger partial charge on any atom is -1.00 e. The summed E-state index contributed by atoms with van der Waals surface area (Å²) in [7, 11) is 2.18. The molecular weight excluding hydrogens is 597 g/mol. The van der Waals surface area contributed by atoms with Crippen molar-refractivity contribution < 1.29 is 42.7 Å². The van der Waals surface area contributed by atoms with Gasteiger partial charge < -0.3 is 33.5 Å². The highest BCUT2D eigenvalue weighted by molar-refractivity contribution is 6.99. The molecule has 2 unspecified atom stereocenters. The lowest BCUT2D eigenvalue weighted by Gasteiger charge is -2.42. The topological polar surface area (TPSA) is 61.3 Å². The standard InChI is InChI=1S/C29H44N3O3S.HI/c1-4-6-8-10-14-20-26(33)35-29(24-17-12-11-13-18-24)32(3)21-16-19-25(23-32)27-28(31-36-30-27)34-22-15-9-7-5-2;/h11-13,17-19,29H,4-10,14-16,20-23H2,1-3H3;1H/q+1;/p-1. The van der Waals surface area contributed by atoms with E-state index in [4.69, 9.17) is 9.47 Å². The van der Waals surface area contributed by atoms with E-state index in [2.05, 4.69) is 47.9 Å². The average molecular weight is 642 g/mol. The number of halogens is 1. The van der Waals surface area contributed by atoms with Gasteiger partial charge in [0.15, 0.2) is 0 Å². The van der Waals surface area contributed by atoms with E-state index in [1.54, 1.807) is 0 Å². The van der Waals surface area contributed by atoms with Crippen molar-refractivity contribution in [1.29, 1.82) is 0 Å². The maximum absolute atomic E-state index is 12.9. The summed E-state index contributed by atoms with van der Waals surface area (Å²) in [5.41, 5.74) is 3.00. The van der Waals surface area contributed by atoms with Gasteiger partial charge in [0.25, 0.3) is 12.1 Å². The number of ether oxygens (including phenoxy) is 2. The Hall–Kier alpha value is -1.52. The van der Waals surface area contributed by atoms with Crippen LogP contribution in [0.4, 0.5) is 0 Å². The predicted octanol–water partition coefficient (Wildman–Crippen LogP) is 4.34. The molecule has 0 saturated carbocycles. The normalized spacial score (nSPS) is 18.0. The molecule has 37 heavy (non-hydrogen) atoms. The second kappa shape index (κ2) is 17.1. The van der Waals surface area contributed by atoms with E-state index in [-0.39, 0.29) is 36.2 Å². The van der Waals surface area contributed by atoms with Crippen molar-refractivity contribution in [3.63, 3.8) is 0 Å². The smallest absolute Gasteiger partial charge is 0.310 e. The number of rotatable bonds is 16. The van der Waals surface area contributed by atoms with Crippen LogP contribution < -0.4 is 28.7 Å². The molecule has 1 aromatic carbocycles. The Morgan fingerprint density at radius 2 is 1.70 bits per heavy atom. The van der Waals surface area contributed by atoms with Crippen LogP contribution in [0.3, 0.4) is 0 Å². The van der Waals surface area contributed by atoms with Crippen LogP contribution in [0.5, 0.6) is 5.88 Å². The second-order valence-corrected chi connectivity index (χ2v) is 10.7. The van der Waals surface area contributed by atoms with Crippen molar-refractivity contribution in [3.05, 3.63) is 47.7 Å². The fraction of sp³-hybridized carbons (Fsp3) is 0.621. The molecule has 0 bridgehead atoms. The zero-order valence-corrected chi connectivity index (χ0v) is 25.8. The van der Waals surface area contributed by atoms with Crippen LogP contribution in [0.15, 0.2) is 36.4 Å². The molecule has 206 valence electrons. The number of aromatic nitrogens is 2. The molecule has 0 spiro atoms. The number of unbranched alkanes of at least 4 members (excludes halogenated alkanes) is 7. The molecule has 0 aliphatic carbocycles. The molecule has 0 fully saturated rings. The van der Waals surface area contributed by atoms with Gasteiger partial charge in [0.1, 0.15) is 12.2 Å². The van der Waals surface area contributed by atoms with Gasteiger partial charge >= 0.3 is 5.97 Å². The van der Waals surface area contributed by atoms with E-state index in [1.165, 1.54) is 50.3 Å². The Morgan fingerprint density at radius 3 is 2.43 bits per heavy atom. The van der Waals surface area contributed by atoms with E-state index in [9.17, 15) is 4.79 Å². The summed E-state index contributed by atoms with van der Waals surface area (Å²) in [4.78, 5) is 12.9. The molecule has 1 aliphatic rings. The minimum atomic E-state index is -0.358. The predicted molar refractivity (Wildman–Crippen MR) is 147 cm³/mol. The molecule has 2 heterocycles. The lowest BCUT2D eigenvalue weighted by atomic mass is 10.0. The van der Waals surface area contributed by atoms with Crippen molar-refractivity contribution in [3.8, 4) is 5.88 Å². The van der Waals surface area contributed by atoms with Gasteiger partial charge in [-0.3, -0.25) is 9.28 Å². The third kappa shape index (κ3) is 9.94. The molecular formula is C29H44IN3O3S. The Bertz CT molecular complexity index is 953. The van der Waals surface area contributed by atoms with E-state index in [0.717, 1.165) is 49.1 Å². The zero-order chi connectivity index (χ0) is 25.6. The number of carbonyl (C=O) groups excluding carboxylic acids is 1. The molecule has 1 aliphatic heterocycles. The third-order valence-electron chi connectivity index (χ3n) is 6.94. The number of benzene rings is 1. The second-order valence-electron chi connectivity index (χ2n) is 10.1. The zero-order valence-electron chi connectivity index (χ0n) is 22.8. The number of esters is 1. The van der Waals surface area contributed by atoms with Crippen LogP contribution in [0.2, 0.25) is 0 Å². The Balaban J connectivity index is 0.00000481. The summed E-state index contributed by atoms with van der Waals surface area (Å²) in [6.45, 7) is 6.68. The highest BCUT2D eigenvalue weighted by Crippen LogP contribution is 2.37. The number of likely N-dealkylation sites (N-methyl/N-ethyl adjacent to an activating group) is 1. The molecule has 3 rings (SSSR count). The molecule has 1 aromatic heterocycles. The van der Waals surface area contributed by atoms with Gasteiger partial charge in [-0.2, -0.15) is 4.37 Å². The summed E-state index contributed by atoms with van der Waals surface area (Å²) in [6, 6.07) is 10.2. The summed E-state index contributed by atoms with van der Waals surface area (Å²) >= 11 is 1.20. The third-order valence-corrected chi connectivity index (χ3v) is 7.45. The van der Waals surface area contributed by atoms with Crippen LogP contribution in [0.1, 0.15) is 102 Å². The largest absolute Gasteiger partial charge is 1.00 e. The highest BCUT2D eigenvalue weighted by Gasteiger charge is 2.40. The molecule has 2 aromatic rings. The van der Waals surface area contributed by atoms with Crippen LogP contribution in [0.25, 0.3) is 5.57 Å².